The van der Waals surface area contributed by atoms with Crippen LogP contribution in [0.25, 0.3) is 22.6 Å². The zero-order valence-electron chi connectivity index (χ0n) is 19.6. The molecule has 8 heteroatoms. The molecule has 1 N–H and O–H groups in total. The Morgan fingerprint density at radius 1 is 1.12 bits per heavy atom. The van der Waals surface area contributed by atoms with E-state index in [1.807, 2.05) is 24.3 Å². The van der Waals surface area contributed by atoms with Crippen molar-refractivity contribution in [3.63, 3.8) is 0 Å². The van der Waals surface area contributed by atoms with Crippen LogP contribution in [0.5, 0.6) is 5.75 Å². The summed E-state index contributed by atoms with van der Waals surface area (Å²) in [6.07, 6.45) is 2.80. The third-order valence-corrected chi connectivity index (χ3v) is 6.53. The molecule has 2 aliphatic rings. The first-order valence-electron chi connectivity index (χ1n) is 11.6. The van der Waals surface area contributed by atoms with Crippen LogP contribution in [0.2, 0.25) is 0 Å². The molecule has 1 saturated heterocycles. The van der Waals surface area contributed by atoms with Gasteiger partial charge < -0.3 is 15.0 Å². The SMILES string of the molecule is COc1cccc(C=C2CCn3c2nc2cc(NC(=O)CN4CCN(C)CC4)ccc2c3=O)c1. The number of rotatable bonds is 5. The Balaban J connectivity index is 1.40. The number of hydrogen-bond donors (Lipinski definition) is 1. The topological polar surface area (TPSA) is 79.7 Å². The average Bonchev–Trinajstić information content (AvgIpc) is 3.23. The second-order valence-corrected chi connectivity index (χ2v) is 8.95. The normalized spacial score (nSPS) is 17.8. The largest absolute Gasteiger partial charge is 0.497 e. The maximum absolute atomic E-state index is 13.1. The van der Waals surface area contributed by atoms with Gasteiger partial charge in [-0.25, -0.2) is 4.98 Å². The molecule has 0 spiro atoms. The van der Waals surface area contributed by atoms with Gasteiger partial charge in [0, 0.05) is 38.4 Å². The van der Waals surface area contributed by atoms with Crippen LogP contribution in [0, 0.1) is 0 Å². The van der Waals surface area contributed by atoms with Crippen LogP contribution in [0.4, 0.5) is 5.69 Å². The van der Waals surface area contributed by atoms with Gasteiger partial charge in [-0.05, 0) is 61.0 Å². The number of nitrogens with one attached hydrogen (secondary N) is 1. The molecule has 3 heterocycles. The van der Waals surface area contributed by atoms with E-state index in [2.05, 4.69) is 28.2 Å². The molecule has 176 valence electrons. The summed E-state index contributed by atoms with van der Waals surface area (Å²) in [5, 5.41) is 3.53. The van der Waals surface area contributed by atoms with Gasteiger partial charge in [0.05, 0.1) is 24.6 Å². The highest BCUT2D eigenvalue weighted by molar-refractivity contribution is 5.95. The monoisotopic (exact) mass is 459 g/mol. The number of methoxy groups -OCH3 is 1. The first-order valence-corrected chi connectivity index (χ1v) is 11.6. The smallest absolute Gasteiger partial charge is 0.261 e. The molecule has 1 aromatic heterocycles. The Morgan fingerprint density at radius 3 is 2.74 bits per heavy atom. The number of piperazine rings is 1. The van der Waals surface area contributed by atoms with Crippen LogP contribution in [0.3, 0.4) is 0 Å². The van der Waals surface area contributed by atoms with Crippen LogP contribution in [-0.2, 0) is 11.3 Å². The van der Waals surface area contributed by atoms with Crippen molar-refractivity contribution in [1.82, 2.24) is 19.4 Å². The maximum Gasteiger partial charge on any atom is 0.261 e. The van der Waals surface area contributed by atoms with E-state index in [1.54, 1.807) is 29.9 Å². The minimum absolute atomic E-state index is 0.0515. The summed E-state index contributed by atoms with van der Waals surface area (Å²) in [5.41, 5.74) is 3.20. The molecule has 0 atom stereocenters. The molecule has 0 radical (unpaired) electrons. The molecule has 0 aliphatic carbocycles. The second-order valence-electron chi connectivity index (χ2n) is 8.95. The number of anilines is 1. The summed E-state index contributed by atoms with van der Waals surface area (Å²) in [5.74, 6) is 1.41. The summed E-state index contributed by atoms with van der Waals surface area (Å²) in [7, 11) is 3.74. The number of allylic oxidation sites excluding steroid dienone is 1. The molecule has 3 aromatic rings. The highest BCUT2D eigenvalue weighted by atomic mass is 16.5. The predicted molar refractivity (Wildman–Crippen MR) is 134 cm³/mol. The van der Waals surface area contributed by atoms with Crippen molar-refractivity contribution in [2.45, 2.75) is 13.0 Å². The van der Waals surface area contributed by atoms with E-state index >= 15 is 0 Å². The third kappa shape index (κ3) is 4.60. The molecule has 1 amide bonds. The lowest BCUT2D eigenvalue weighted by molar-refractivity contribution is -0.117. The van der Waals surface area contributed by atoms with E-state index in [-0.39, 0.29) is 11.5 Å². The molecular weight excluding hydrogens is 430 g/mol. The fourth-order valence-corrected chi connectivity index (χ4v) is 4.57. The number of carbonyl (C=O) groups is 1. The van der Waals surface area contributed by atoms with E-state index in [1.165, 1.54) is 0 Å². The first-order chi connectivity index (χ1) is 16.5. The predicted octanol–water partition coefficient (Wildman–Crippen LogP) is 2.54. The molecule has 5 rings (SSSR count). The molecule has 2 aliphatic heterocycles. The number of aromatic nitrogens is 2. The van der Waals surface area contributed by atoms with Crippen molar-refractivity contribution in [3.05, 3.63) is 64.2 Å². The van der Waals surface area contributed by atoms with E-state index < -0.39 is 0 Å². The Bertz CT molecular complexity index is 1320. The van der Waals surface area contributed by atoms with Gasteiger partial charge in [-0.2, -0.15) is 0 Å². The molecule has 2 aromatic carbocycles. The van der Waals surface area contributed by atoms with Gasteiger partial charge in [-0.15, -0.1) is 0 Å². The standard InChI is InChI=1S/C26H29N5O3/c1-29-10-12-30(13-11-29)17-24(32)27-20-6-7-22-23(16-20)28-25-19(8-9-31(25)26(22)33)14-18-4-3-5-21(15-18)34-2/h3-7,14-16H,8-13,17H2,1-2H3,(H,27,32). The number of likely N-dealkylation sites (N-methyl/N-ethyl adjacent to an activating group) is 1. The minimum Gasteiger partial charge on any atom is -0.497 e. The number of amides is 1. The fraction of sp³-hybridized carbons (Fsp3) is 0.346. The minimum atomic E-state index is -0.0552. The van der Waals surface area contributed by atoms with Crippen LogP contribution >= 0.6 is 0 Å². The lowest BCUT2D eigenvalue weighted by Crippen LogP contribution is -2.47. The van der Waals surface area contributed by atoms with Crippen molar-refractivity contribution in [3.8, 4) is 5.75 Å². The van der Waals surface area contributed by atoms with Crippen molar-refractivity contribution < 1.29 is 9.53 Å². The van der Waals surface area contributed by atoms with Gasteiger partial charge in [-0.1, -0.05) is 12.1 Å². The quantitative estimate of drug-likeness (QED) is 0.632. The Hall–Kier alpha value is -3.49. The summed E-state index contributed by atoms with van der Waals surface area (Å²) >= 11 is 0. The van der Waals surface area contributed by atoms with E-state index in [9.17, 15) is 9.59 Å². The number of ether oxygens (including phenoxy) is 1. The summed E-state index contributed by atoms with van der Waals surface area (Å²) in [6, 6.07) is 13.1. The van der Waals surface area contributed by atoms with Crippen LogP contribution in [0.1, 0.15) is 17.8 Å². The number of benzene rings is 2. The Labute approximate surface area is 198 Å². The van der Waals surface area contributed by atoms with Crippen molar-refractivity contribution >= 4 is 34.1 Å². The van der Waals surface area contributed by atoms with E-state index in [0.29, 0.717) is 35.5 Å². The zero-order valence-corrected chi connectivity index (χ0v) is 19.6. The molecule has 8 nitrogen and oxygen atoms in total. The van der Waals surface area contributed by atoms with Crippen LogP contribution in [0.15, 0.2) is 47.3 Å². The number of carbonyl (C=O) groups excluding carboxylic acids is 1. The number of hydrogen-bond acceptors (Lipinski definition) is 6. The molecular formula is C26H29N5O3. The Kier molecular flexibility index (Phi) is 6.17. The summed E-state index contributed by atoms with van der Waals surface area (Å²) in [4.78, 5) is 34.9. The first kappa shape index (κ1) is 22.3. The zero-order chi connectivity index (χ0) is 23.7. The summed E-state index contributed by atoms with van der Waals surface area (Å²) < 4.78 is 7.06. The van der Waals surface area contributed by atoms with Crippen molar-refractivity contribution in [2.75, 3.05) is 52.2 Å². The second kappa shape index (κ2) is 9.40. The molecule has 0 saturated carbocycles. The van der Waals surface area contributed by atoms with Crippen LogP contribution in [-0.4, -0.2) is 72.1 Å². The van der Waals surface area contributed by atoms with Gasteiger partial charge in [0.2, 0.25) is 5.91 Å². The van der Waals surface area contributed by atoms with Gasteiger partial charge in [0.1, 0.15) is 11.6 Å². The molecule has 0 bridgehead atoms. The highest BCUT2D eigenvalue weighted by Gasteiger charge is 2.21. The fourth-order valence-electron chi connectivity index (χ4n) is 4.57. The molecule has 34 heavy (non-hydrogen) atoms. The van der Waals surface area contributed by atoms with Crippen molar-refractivity contribution in [2.24, 2.45) is 0 Å². The van der Waals surface area contributed by atoms with Gasteiger partial charge in [0.25, 0.3) is 5.56 Å². The lowest BCUT2D eigenvalue weighted by atomic mass is 10.1. The third-order valence-electron chi connectivity index (χ3n) is 6.53. The van der Waals surface area contributed by atoms with Crippen molar-refractivity contribution in [1.29, 1.82) is 0 Å². The summed E-state index contributed by atoms with van der Waals surface area (Å²) in [6.45, 7) is 4.67. The number of nitrogens with zero attached hydrogens (tertiary/aromatic N) is 4. The Morgan fingerprint density at radius 2 is 1.94 bits per heavy atom. The van der Waals surface area contributed by atoms with Gasteiger partial charge >= 0.3 is 0 Å². The lowest BCUT2D eigenvalue weighted by Gasteiger charge is -2.31. The highest BCUT2D eigenvalue weighted by Crippen LogP contribution is 2.29. The average molecular weight is 460 g/mol. The van der Waals surface area contributed by atoms with Gasteiger partial charge in [0.15, 0.2) is 0 Å². The van der Waals surface area contributed by atoms with E-state index in [4.69, 9.17) is 9.72 Å². The number of fused-ring (bicyclic) bond motifs is 2. The van der Waals surface area contributed by atoms with E-state index in [0.717, 1.165) is 49.5 Å². The maximum atomic E-state index is 13.1. The van der Waals surface area contributed by atoms with Crippen LogP contribution < -0.4 is 15.6 Å². The molecule has 0 unspecified atom stereocenters. The molecule has 1 fully saturated rings. The van der Waals surface area contributed by atoms with Gasteiger partial charge in [-0.3, -0.25) is 19.1 Å².